The molecule has 0 aliphatic rings. The molecule has 8 heavy (non-hydrogen) atoms. The maximum Gasteiger partial charge on any atom is -0.0227 e. The van der Waals surface area contributed by atoms with Crippen LogP contribution in [-0.4, -0.2) is 12.3 Å². The van der Waals surface area contributed by atoms with Gasteiger partial charge < -0.3 is 0 Å². The Hall–Kier alpha value is 0.910. The fourth-order valence-electron chi connectivity index (χ4n) is 0.488. The number of rotatable bonds is 4. The van der Waals surface area contributed by atoms with Gasteiger partial charge in [-0.1, -0.05) is 35.8 Å². The first-order valence-electron chi connectivity index (χ1n) is 3.22. The van der Waals surface area contributed by atoms with Gasteiger partial charge in [0.25, 0.3) is 0 Å². The summed E-state index contributed by atoms with van der Waals surface area (Å²) in [6, 6.07) is 0. The molecule has 2 heteroatoms. The average Bonchev–Trinajstić information content (AvgIpc) is 1.83. The standard InChI is InChI=1S/C6H14BrP/c1-3-5-6-8(7)4-2/h3-6H2,1-2H3. The van der Waals surface area contributed by atoms with Gasteiger partial charge in [-0.25, -0.2) is 0 Å². The quantitative estimate of drug-likeness (QED) is 0.604. The molecule has 0 aliphatic carbocycles. The minimum atomic E-state index is 0.228. The summed E-state index contributed by atoms with van der Waals surface area (Å²) < 4.78 is 0. The van der Waals surface area contributed by atoms with Crippen molar-refractivity contribution in [1.29, 1.82) is 0 Å². The van der Waals surface area contributed by atoms with Crippen molar-refractivity contribution in [1.82, 2.24) is 0 Å². The Kier molecular flexibility index (Phi) is 6.72. The zero-order valence-electron chi connectivity index (χ0n) is 5.65. The van der Waals surface area contributed by atoms with E-state index < -0.39 is 0 Å². The molecule has 0 aromatic rings. The molecule has 0 bridgehead atoms. The second kappa shape index (κ2) is 6.04. The van der Waals surface area contributed by atoms with Crippen molar-refractivity contribution in [3.63, 3.8) is 0 Å². The van der Waals surface area contributed by atoms with Crippen LogP contribution < -0.4 is 0 Å². The van der Waals surface area contributed by atoms with Gasteiger partial charge in [0, 0.05) is 0 Å². The molecule has 0 radical (unpaired) electrons. The molecule has 0 amide bonds. The van der Waals surface area contributed by atoms with Crippen LogP contribution in [0.5, 0.6) is 0 Å². The van der Waals surface area contributed by atoms with Gasteiger partial charge in [0.15, 0.2) is 0 Å². The van der Waals surface area contributed by atoms with E-state index in [0.29, 0.717) is 0 Å². The zero-order chi connectivity index (χ0) is 6.41. The first-order chi connectivity index (χ1) is 3.81. The van der Waals surface area contributed by atoms with Crippen molar-refractivity contribution in [2.45, 2.75) is 26.7 Å². The highest BCUT2D eigenvalue weighted by Gasteiger charge is 1.96. The Morgan fingerprint density at radius 1 is 1.38 bits per heavy atom. The number of hydrogen-bond donors (Lipinski definition) is 0. The molecule has 0 nitrogen and oxygen atoms in total. The molecule has 0 saturated carbocycles. The SMILES string of the molecule is CCCCP(Br)CC. The van der Waals surface area contributed by atoms with E-state index in [4.69, 9.17) is 0 Å². The van der Waals surface area contributed by atoms with Gasteiger partial charge >= 0.3 is 0 Å². The summed E-state index contributed by atoms with van der Waals surface area (Å²) in [7, 11) is 0. The summed E-state index contributed by atoms with van der Waals surface area (Å²) in [5.74, 6) is 0. The van der Waals surface area contributed by atoms with Crippen molar-refractivity contribution in [3.8, 4) is 0 Å². The summed E-state index contributed by atoms with van der Waals surface area (Å²) in [6.45, 7) is 4.72. The van der Waals surface area contributed by atoms with E-state index in [0.717, 1.165) is 0 Å². The second-order valence-electron chi connectivity index (χ2n) is 1.86. The lowest BCUT2D eigenvalue weighted by atomic mass is 10.4. The molecule has 0 aromatic heterocycles. The molecule has 0 heterocycles. The Morgan fingerprint density at radius 3 is 2.38 bits per heavy atom. The first kappa shape index (κ1) is 8.91. The maximum atomic E-state index is 3.64. The molecule has 0 fully saturated rings. The molecular weight excluding hydrogens is 183 g/mol. The summed E-state index contributed by atoms with van der Waals surface area (Å²) in [5, 5.41) is 0. The van der Waals surface area contributed by atoms with E-state index in [1.165, 1.54) is 25.2 Å². The van der Waals surface area contributed by atoms with Gasteiger partial charge in [-0.05, 0) is 25.4 Å². The van der Waals surface area contributed by atoms with Crippen LogP contribution in [0, 0.1) is 0 Å². The Bertz CT molecular complexity index is 47.8. The third-order valence-electron chi connectivity index (χ3n) is 1.10. The minimum Gasteiger partial charge on any atom is -0.0654 e. The summed E-state index contributed by atoms with van der Waals surface area (Å²) in [4.78, 5) is 0. The smallest absolute Gasteiger partial charge is 0.0227 e. The topological polar surface area (TPSA) is 0 Å². The van der Waals surface area contributed by atoms with Crippen LogP contribution in [0.25, 0.3) is 0 Å². The molecule has 0 aromatic carbocycles. The normalized spacial score (nSPS) is 13.9. The van der Waals surface area contributed by atoms with Crippen molar-refractivity contribution >= 4 is 22.1 Å². The molecule has 0 aliphatic heterocycles. The van der Waals surface area contributed by atoms with Crippen LogP contribution in [0.1, 0.15) is 26.7 Å². The Balaban J connectivity index is 2.86. The zero-order valence-corrected chi connectivity index (χ0v) is 8.13. The van der Waals surface area contributed by atoms with Crippen molar-refractivity contribution in [2.75, 3.05) is 12.3 Å². The monoisotopic (exact) mass is 196 g/mol. The third kappa shape index (κ3) is 5.05. The van der Waals surface area contributed by atoms with Gasteiger partial charge in [0.1, 0.15) is 0 Å². The van der Waals surface area contributed by atoms with E-state index in [2.05, 4.69) is 29.3 Å². The van der Waals surface area contributed by atoms with Crippen LogP contribution in [0.2, 0.25) is 0 Å². The number of hydrogen-bond acceptors (Lipinski definition) is 0. The summed E-state index contributed by atoms with van der Waals surface area (Å²) in [5.41, 5.74) is 0. The van der Waals surface area contributed by atoms with E-state index >= 15 is 0 Å². The second-order valence-corrected chi connectivity index (χ2v) is 6.87. The highest BCUT2D eigenvalue weighted by Crippen LogP contribution is 2.43. The number of unbranched alkanes of at least 4 members (excludes halogenated alkanes) is 1. The first-order valence-corrected chi connectivity index (χ1v) is 6.95. The molecule has 0 rings (SSSR count). The fourth-order valence-corrected chi connectivity index (χ4v) is 2.22. The average molecular weight is 197 g/mol. The Morgan fingerprint density at radius 2 is 2.00 bits per heavy atom. The predicted molar refractivity (Wildman–Crippen MR) is 46.2 cm³/mol. The van der Waals surface area contributed by atoms with Crippen molar-refractivity contribution in [2.24, 2.45) is 0 Å². The molecule has 1 unspecified atom stereocenters. The van der Waals surface area contributed by atoms with Crippen molar-refractivity contribution in [3.05, 3.63) is 0 Å². The maximum absolute atomic E-state index is 3.64. The molecule has 1 atom stereocenters. The lowest BCUT2D eigenvalue weighted by Crippen LogP contribution is -1.78. The van der Waals surface area contributed by atoms with Crippen LogP contribution in [0.4, 0.5) is 0 Å². The van der Waals surface area contributed by atoms with E-state index in [-0.39, 0.29) is 6.62 Å². The van der Waals surface area contributed by atoms with Gasteiger partial charge in [-0.2, -0.15) is 0 Å². The van der Waals surface area contributed by atoms with Crippen LogP contribution in [0.3, 0.4) is 0 Å². The summed E-state index contributed by atoms with van der Waals surface area (Å²) >= 11 is 3.64. The molecule has 0 spiro atoms. The summed E-state index contributed by atoms with van der Waals surface area (Å²) in [6.07, 6.45) is 5.47. The van der Waals surface area contributed by atoms with Gasteiger partial charge in [0.2, 0.25) is 0 Å². The lowest BCUT2D eigenvalue weighted by Gasteiger charge is -2.03. The molecular formula is C6H14BrP. The van der Waals surface area contributed by atoms with Crippen LogP contribution >= 0.6 is 22.1 Å². The third-order valence-corrected chi connectivity index (χ3v) is 5.15. The van der Waals surface area contributed by atoms with E-state index in [1.54, 1.807) is 0 Å². The largest absolute Gasteiger partial charge is 0.0654 e. The van der Waals surface area contributed by atoms with Crippen LogP contribution in [0.15, 0.2) is 0 Å². The highest BCUT2D eigenvalue weighted by atomic mass is 79.9. The van der Waals surface area contributed by atoms with E-state index in [9.17, 15) is 0 Å². The highest BCUT2D eigenvalue weighted by molar-refractivity contribution is 9.39. The van der Waals surface area contributed by atoms with Gasteiger partial charge in [-0.3, -0.25) is 0 Å². The molecule has 50 valence electrons. The van der Waals surface area contributed by atoms with Gasteiger partial charge in [0.05, 0.1) is 0 Å². The lowest BCUT2D eigenvalue weighted by molar-refractivity contribution is 0.893. The minimum absolute atomic E-state index is 0.228. The Labute approximate surface area is 61.5 Å². The van der Waals surface area contributed by atoms with Gasteiger partial charge in [-0.15, -0.1) is 0 Å². The number of halogens is 1. The van der Waals surface area contributed by atoms with Crippen molar-refractivity contribution < 1.29 is 0 Å². The van der Waals surface area contributed by atoms with Crippen LogP contribution in [-0.2, 0) is 0 Å². The predicted octanol–water partition coefficient (Wildman–Crippen LogP) is 3.60. The molecule has 0 N–H and O–H groups in total. The van der Waals surface area contributed by atoms with E-state index in [1.807, 2.05) is 0 Å². The fraction of sp³-hybridized carbons (Fsp3) is 1.00. The molecule has 0 saturated heterocycles.